The molecule has 0 heterocycles. The molecule has 0 aliphatic heterocycles. The Kier molecular flexibility index (Phi) is 4.97. The fourth-order valence-electron chi connectivity index (χ4n) is 2.04. The zero-order valence-corrected chi connectivity index (χ0v) is 13.6. The van der Waals surface area contributed by atoms with Crippen LogP contribution in [0.5, 0.6) is 0 Å². The third kappa shape index (κ3) is 4.87. The molecule has 0 atom stereocenters. The second-order valence-corrected chi connectivity index (χ2v) is 6.40. The molecule has 24 heavy (non-hydrogen) atoms. The van der Waals surface area contributed by atoms with Crippen molar-refractivity contribution in [2.45, 2.75) is 26.3 Å². The van der Waals surface area contributed by atoms with E-state index in [1.54, 1.807) is 18.2 Å². The van der Waals surface area contributed by atoms with Crippen molar-refractivity contribution in [3.05, 3.63) is 65.2 Å². The SMILES string of the molecule is CC(C)(C)NC(=O)c1cccc(NC(=O)c2cc(F)cc(F)c2)c1. The van der Waals surface area contributed by atoms with E-state index in [0.29, 0.717) is 17.3 Å². The van der Waals surface area contributed by atoms with E-state index in [-0.39, 0.29) is 11.5 Å². The summed E-state index contributed by atoms with van der Waals surface area (Å²) in [5.41, 5.74) is 0.187. The highest BCUT2D eigenvalue weighted by Gasteiger charge is 2.16. The highest BCUT2D eigenvalue weighted by Crippen LogP contribution is 2.15. The van der Waals surface area contributed by atoms with Crippen LogP contribution in [0.2, 0.25) is 0 Å². The molecule has 0 aliphatic rings. The Morgan fingerprint density at radius 3 is 2.08 bits per heavy atom. The first kappa shape index (κ1) is 17.6. The third-order valence-corrected chi connectivity index (χ3v) is 3.00. The van der Waals surface area contributed by atoms with Gasteiger partial charge in [0.25, 0.3) is 11.8 Å². The maximum atomic E-state index is 13.2. The Morgan fingerprint density at radius 1 is 0.875 bits per heavy atom. The van der Waals surface area contributed by atoms with Crippen LogP contribution in [0.4, 0.5) is 14.5 Å². The maximum Gasteiger partial charge on any atom is 0.255 e. The van der Waals surface area contributed by atoms with Crippen molar-refractivity contribution in [1.29, 1.82) is 0 Å². The Morgan fingerprint density at radius 2 is 1.50 bits per heavy atom. The largest absolute Gasteiger partial charge is 0.347 e. The van der Waals surface area contributed by atoms with Gasteiger partial charge < -0.3 is 10.6 Å². The van der Waals surface area contributed by atoms with Crippen LogP contribution in [0, 0.1) is 11.6 Å². The molecule has 0 spiro atoms. The van der Waals surface area contributed by atoms with Crippen LogP contribution in [-0.2, 0) is 0 Å². The molecule has 0 radical (unpaired) electrons. The van der Waals surface area contributed by atoms with Gasteiger partial charge in [-0.05, 0) is 51.1 Å². The lowest BCUT2D eigenvalue weighted by atomic mass is 10.1. The molecule has 6 heteroatoms. The maximum absolute atomic E-state index is 13.2. The van der Waals surface area contributed by atoms with Gasteiger partial charge in [0.05, 0.1) is 0 Å². The molecular formula is C18H18F2N2O2. The van der Waals surface area contributed by atoms with E-state index in [1.807, 2.05) is 20.8 Å². The summed E-state index contributed by atoms with van der Waals surface area (Å²) in [6, 6.07) is 8.87. The third-order valence-electron chi connectivity index (χ3n) is 3.00. The van der Waals surface area contributed by atoms with Gasteiger partial charge in [0.1, 0.15) is 11.6 Å². The van der Waals surface area contributed by atoms with E-state index in [0.717, 1.165) is 12.1 Å². The predicted octanol–water partition coefficient (Wildman–Crippen LogP) is 3.75. The van der Waals surface area contributed by atoms with Gasteiger partial charge in [-0.15, -0.1) is 0 Å². The smallest absolute Gasteiger partial charge is 0.255 e. The molecule has 0 aliphatic carbocycles. The number of amides is 2. The Labute approximate surface area is 138 Å². The first-order valence-electron chi connectivity index (χ1n) is 7.34. The number of halogens is 2. The second-order valence-electron chi connectivity index (χ2n) is 6.40. The molecule has 0 aromatic heterocycles. The van der Waals surface area contributed by atoms with Crippen LogP contribution in [-0.4, -0.2) is 17.4 Å². The summed E-state index contributed by atoms with van der Waals surface area (Å²) in [4.78, 5) is 24.2. The van der Waals surface area contributed by atoms with Gasteiger partial charge in [-0.2, -0.15) is 0 Å². The molecule has 0 bridgehead atoms. The van der Waals surface area contributed by atoms with Gasteiger partial charge in [0.15, 0.2) is 0 Å². The molecular weight excluding hydrogens is 314 g/mol. The van der Waals surface area contributed by atoms with Crippen LogP contribution in [0.15, 0.2) is 42.5 Å². The van der Waals surface area contributed by atoms with Crippen LogP contribution < -0.4 is 10.6 Å². The van der Waals surface area contributed by atoms with Gasteiger partial charge in [-0.1, -0.05) is 6.07 Å². The lowest BCUT2D eigenvalue weighted by molar-refractivity contribution is 0.0918. The Bertz CT molecular complexity index is 763. The van der Waals surface area contributed by atoms with Crippen LogP contribution >= 0.6 is 0 Å². The van der Waals surface area contributed by atoms with E-state index in [2.05, 4.69) is 10.6 Å². The van der Waals surface area contributed by atoms with E-state index < -0.39 is 23.1 Å². The van der Waals surface area contributed by atoms with Crippen molar-refractivity contribution in [2.24, 2.45) is 0 Å². The van der Waals surface area contributed by atoms with E-state index in [4.69, 9.17) is 0 Å². The van der Waals surface area contributed by atoms with Gasteiger partial charge in [0.2, 0.25) is 0 Å². The molecule has 0 unspecified atom stereocenters. The van der Waals surface area contributed by atoms with Crippen molar-refractivity contribution < 1.29 is 18.4 Å². The molecule has 0 fully saturated rings. The summed E-state index contributed by atoms with van der Waals surface area (Å²) < 4.78 is 26.4. The Balaban J connectivity index is 2.17. The fraction of sp³-hybridized carbons (Fsp3) is 0.222. The molecule has 4 nitrogen and oxygen atoms in total. The lowest BCUT2D eigenvalue weighted by Gasteiger charge is -2.20. The highest BCUT2D eigenvalue weighted by atomic mass is 19.1. The summed E-state index contributed by atoms with van der Waals surface area (Å²) >= 11 is 0. The summed E-state index contributed by atoms with van der Waals surface area (Å²) in [5.74, 6) is -2.62. The molecule has 2 aromatic rings. The molecule has 2 amide bonds. The average Bonchev–Trinajstić information content (AvgIpc) is 2.44. The number of carbonyl (C=O) groups is 2. The summed E-state index contributed by atoms with van der Waals surface area (Å²) in [7, 11) is 0. The zero-order valence-electron chi connectivity index (χ0n) is 13.6. The van der Waals surface area contributed by atoms with Gasteiger partial charge >= 0.3 is 0 Å². The van der Waals surface area contributed by atoms with Gasteiger partial charge in [-0.25, -0.2) is 8.78 Å². The number of hydrogen-bond donors (Lipinski definition) is 2. The normalized spacial score (nSPS) is 11.0. The minimum absolute atomic E-state index is 0.142. The molecule has 2 aromatic carbocycles. The lowest BCUT2D eigenvalue weighted by Crippen LogP contribution is -2.40. The highest BCUT2D eigenvalue weighted by molar-refractivity contribution is 6.05. The number of hydrogen-bond acceptors (Lipinski definition) is 2. The molecule has 0 saturated heterocycles. The Hall–Kier alpha value is -2.76. The minimum Gasteiger partial charge on any atom is -0.347 e. The zero-order chi connectivity index (χ0) is 17.9. The molecule has 2 N–H and O–H groups in total. The van der Waals surface area contributed by atoms with E-state index in [9.17, 15) is 18.4 Å². The van der Waals surface area contributed by atoms with Crippen molar-refractivity contribution in [3.8, 4) is 0 Å². The quantitative estimate of drug-likeness (QED) is 0.899. The van der Waals surface area contributed by atoms with Crippen molar-refractivity contribution in [2.75, 3.05) is 5.32 Å². The van der Waals surface area contributed by atoms with Crippen LogP contribution in [0.25, 0.3) is 0 Å². The number of carbonyl (C=O) groups excluding carboxylic acids is 2. The summed E-state index contributed by atoms with van der Waals surface area (Å²) in [6.45, 7) is 5.57. The average molecular weight is 332 g/mol. The number of anilines is 1. The predicted molar refractivity (Wildman–Crippen MR) is 88.0 cm³/mol. The number of rotatable bonds is 3. The van der Waals surface area contributed by atoms with E-state index >= 15 is 0 Å². The molecule has 2 rings (SSSR count). The molecule has 126 valence electrons. The van der Waals surface area contributed by atoms with E-state index in [1.165, 1.54) is 6.07 Å². The number of nitrogens with one attached hydrogen (secondary N) is 2. The van der Waals surface area contributed by atoms with Gasteiger partial charge in [0, 0.05) is 28.4 Å². The van der Waals surface area contributed by atoms with Crippen molar-refractivity contribution in [3.63, 3.8) is 0 Å². The van der Waals surface area contributed by atoms with Crippen LogP contribution in [0.1, 0.15) is 41.5 Å². The fourth-order valence-corrected chi connectivity index (χ4v) is 2.04. The van der Waals surface area contributed by atoms with Crippen molar-refractivity contribution >= 4 is 17.5 Å². The standard InChI is InChI=1S/C18H18F2N2O2/c1-18(2,3)22-17(24)11-5-4-6-15(9-11)21-16(23)12-7-13(19)10-14(20)8-12/h4-10H,1-3H3,(H,21,23)(H,22,24). The summed E-state index contributed by atoms with van der Waals surface area (Å²) in [5, 5.41) is 5.33. The second kappa shape index (κ2) is 6.78. The first-order valence-corrected chi connectivity index (χ1v) is 7.34. The monoisotopic (exact) mass is 332 g/mol. The molecule has 0 saturated carbocycles. The summed E-state index contributed by atoms with van der Waals surface area (Å²) in [6.07, 6.45) is 0. The topological polar surface area (TPSA) is 58.2 Å². The number of benzene rings is 2. The van der Waals surface area contributed by atoms with Crippen LogP contribution in [0.3, 0.4) is 0 Å². The van der Waals surface area contributed by atoms with Crippen molar-refractivity contribution in [1.82, 2.24) is 5.32 Å². The first-order chi connectivity index (χ1) is 11.1. The minimum atomic E-state index is -0.835. The van der Waals surface area contributed by atoms with Gasteiger partial charge in [-0.3, -0.25) is 9.59 Å².